The number of hydrogen-bond donors (Lipinski definition) is 0. The average molecular weight is 200 g/mol. The molecule has 2 aromatic rings. The largest absolute Gasteiger partial charge is 0.137 e. The molecule has 0 radical (unpaired) electrons. The van der Waals surface area contributed by atoms with Crippen LogP contribution < -0.4 is 0 Å². The minimum atomic E-state index is 1.01. The Bertz CT molecular complexity index is 537. The Morgan fingerprint density at radius 3 is 3.14 bits per heavy atom. The molecule has 0 spiro atoms. The minimum absolute atomic E-state index is 1.01. The summed E-state index contributed by atoms with van der Waals surface area (Å²) in [5.41, 5.74) is 3.59. The first-order valence-corrected chi connectivity index (χ1v) is 5.29. The zero-order chi connectivity index (χ0) is 9.38. The summed E-state index contributed by atoms with van der Waals surface area (Å²) in [5, 5.41) is 4.16. The summed E-state index contributed by atoms with van der Waals surface area (Å²) in [6.07, 6.45) is 7.41. The zero-order valence-electron chi connectivity index (χ0n) is 7.47. The molecule has 1 heterocycles. The molecule has 68 valence electrons. The third-order valence-corrected chi connectivity index (χ3v) is 3.09. The van der Waals surface area contributed by atoms with E-state index in [1.54, 1.807) is 0 Å². The fourth-order valence-electron chi connectivity index (χ4n) is 1.71. The maximum absolute atomic E-state index is 4.16. The van der Waals surface area contributed by atoms with Crippen molar-refractivity contribution in [1.29, 1.82) is 0 Å². The lowest BCUT2D eigenvalue weighted by atomic mass is 10.0. The molecule has 0 fully saturated rings. The molecule has 0 bridgehead atoms. The third kappa shape index (κ3) is 1.09. The summed E-state index contributed by atoms with van der Waals surface area (Å²) in [4.78, 5) is 0. The summed E-state index contributed by atoms with van der Waals surface area (Å²) < 4.78 is 5.14. The predicted octanol–water partition coefficient (Wildman–Crippen LogP) is 3.03. The van der Waals surface area contributed by atoms with Gasteiger partial charge in [0.15, 0.2) is 0 Å². The molecule has 3 heteroatoms. The Kier molecular flexibility index (Phi) is 1.70. The number of benzene rings is 1. The summed E-state index contributed by atoms with van der Waals surface area (Å²) in [7, 11) is 0. The minimum Gasteiger partial charge on any atom is -0.137 e. The van der Waals surface area contributed by atoms with E-state index >= 15 is 0 Å². The molecule has 14 heavy (non-hydrogen) atoms. The van der Waals surface area contributed by atoms with Crippen LogP contribution >= 0.6 is 11.5 Å². The molecular weight excluding hydrogens is 192 g/mol. The highest BCUT2D eigenvalue weighted by molar-refractivity contribution is 7.12. The summed E-state index contributed by atoms with van der Waals surface area (Å²) >= 11 is 1.45. The zero-order valence-corrected chi connectivity index (χ0v) is 8.29. The van der Waals surface area contributed by atoms with Crippen LogP contribution in [-0.4, -0.2) is 9.59 Å². The van der Waals surface area contributed by atoms with Gasteiger partial charge in [-0.2, -0.15) is 0 Å². The fraction of sp³-hybridized carbons (Fsp3) is 0.0909. The van der Waals surface area contributed by atoms with E-state index in [2.05, 4.69) is 46.0 Å². The smallest absolute Gasteiger partial charge is 0.113 e. The molecule has 3 rings (SSSR count). The van der Waals surface area contributed by atoms with Crippen LogP contribution in [0.4, 0.5) is 0 Å². The Morgan fingerprint density at radius 1 is 1.29 bits per heavy atom. The van der Waals surface area contributed by atoms with Crippen molar-refractivity contribution in [3.05, 3.63) is 42.0 Å². The lowest BCUT2D eigenvalue weighted by Gasteiger charge is -2.01. The van der Waals surface area contributed by atoms with Crippen LogP contribution in [-0.2, 0) is 0 Å². The Balaban J connectivity index is 2.25. The van der Waals surface area contributed by atoms with Crippen LogP contribution in [0, 0.1) is 0 Å². The van der Waals surface area contributed by atoms with E-state index in [0.29, 0.717) is 0 Å². The van der Waals surface area contributed by atoms with Gasteiger partial charge < -0.3 is 0 Å². The topological polar surface area (TPSA) is 25.8 Å². The Hall–Kier alpha value is -1.48. The molecule has 0 aliphatic heterocycles. The number of hydrogen-bond acceptors (Lipinski definition) is 3. The summed E-state index contributed by atoms with van der Waals surface area (Å²) in [5.74, 6) is 0. The van der Waals surface area contributed by atoms with Gasteiger partial charge in [-0.05, 0) is 29.6 Å². The highest BCUT2D eigenvalue weighted by atomic mass is 32.1. The van der Waals surface area contributed by atoms with Crippen LogP contribution in [0.5, 0.6) is 0 Å². The van der Waals surface area contributed by atoms with Gasteiger partial charge in [0.1, 0.15) is 5.52 Å². The SMILES string of the molecule is C1=CCC(c2cccc3snnc23)=C1. The Morgan fingerprint density at radius 2 is 2.29 bits per heavy atom. The first-order valence-electron chi connectivity index (χ1n) is 4.52. The molecule has 2 nitrogen and oxygen atoms in total. The number of fused-ring (bicyclic) bond motifs is 1. The first-order chi connectivity index (χ1) is 6.95. The first kappa shape index (κ1) is 7.88. The van der Waals surface area contributed by atoms with Crippen LogP contribution in [0.2, 0.25) is 0 Å². The summed E-state index contributed by atoms with van der Waals surface area (Å²) in [6, 6.07) is 6.24. The van der Waals surface area contributed by atoms with Gasteiger partial charge in [-0.25, -0.2) is 0 Å². The monoisotopic (exact) mass is 200 g/mol. The molecule has 0 atom stereocenters. The van der Waals surface area contributed by atoms with Crippen LogP contribution in [0.25, 0.3) is 15.8 Å². The lowest BCUT2D eigenvalue weighted by molar-refractivity contribution is 1.19. The van der Waals surface area contributed by atoms with Crippen LogP contribution in [0.3, 0.4) is 0 Å². The van der Waals surface area contributed by atoms with Gasteiger partial charge in [-0.1, -0.05) is 34.8 Å². The Labute approximate surface area is 85.7 Å². The maximum atomic E-state index is 4.16. The van der Waals surface area contributed by atoms with Gasteiger partial charge in [0.05, 0.1) is 4.70 Å². The van der Waals surface area contributed by atoms with Gasteiger partial charge in [-0.3, -0.25) is 0 Å². The third-order valence-electron chi connectivity index (χ3n) is 2.40. The van der Waals surface area contributed by atoms with E-state index in [1.165, 1.54) is 22.7 Å². The molecule has 1 aliphatic rings. The van der Waals surface area contributed by atoms with E-state index < -0.39 is 0 Å². The lowest BCUT2D eigenvalue weighted by Crippen LogP contribution is -1.83. The van der Waals surface area contributed by atoms with Crippen LogP contribution in [0.1, 0.15) is 12.0 Å². The van der Waals surface area contributed by atoms with Crippen molar-refractivity contribution in [2.75, 3.05) is 0 Å². The van der Waals surface area contributed by atoms with Crippen molar-refractivity contribution < 1.29 is 0 Å². The van der Waals surface area contributed by atoms with E-state index in [0.717, 1.165) is 16.6 Å². The number of aromatic nitrogens is 2. The number of rotatable bonds is 1. The van der Waals surface area contributed by atoms with E-state index in [-0.39, 0.29) is 0 Å². The van der Waals surface area contributed by atoms with Crippen molar-refractivity contribution in [2.45, 2.75) is 6.42 Å². The van der Waals surface area contributed by atoms with Gasteiger partial charge in [-0.15, -0.1) is 5.10 Å². The molecule has 0 N–H and O–H groups in total. The van der Waals surface area contributed by atoms with Crippen molar-refractivity contribution in [3.63, 3.8) is 0 Å². The second-order valence-electron chi connectivity index (χ2n) is 3.25. The van der Waals surface area contributed by atoms with Crippen molar-refractivity contribution in [3.8, 4) is 0 Å². The molecule has 0 unspecified atom stereocenters. The molecule has 0 saturated heterocycles. The van der Waals surface area contributed by atoms with Gasteiger partial charge in [0.25, 0.3) is 0 Å². The molecule has 1 aliphatic carbocycles. The van der Waals surface area contributed by atoms with Gasteiger partial charge in [0.2, 0.25) is 0 Å². The number of allylic oxidation sites excluding steroid dienone is 4. The van der Waals surface area contributed by atoms with Crippen LogP contribution in [0.15, 0.2) is 36.4 Å². The molecular formula is C11H8N2S. The predicted molar refractivity (Wildman–Crippen MR) is 59.1 cm³/mol. The molecule has 0 saturated carbocycles. The molecule has 1 aromatic heterocycles. The second-order valence-corrected chi connectivity index (χ2v) is 4.04. The average Bonchev–Trinajstić information content (AvgIpc) is 2.88. The quantitative estimate of drug-likeness (QED) is 0.707. The fourth-order valence-corrected chi connectivity index (χ4v) is 2.30. The van der Waals surface area contributed by atoms with E-state index in [4.69, 9.17) is 0 Å². The normalized spacial score (nSPS) is 15.0. The van der Waals surface area contributed by atoms with E-state index in [9.17, 15) is 0 Å². The highest BCUT2D eigenvalue weighted by Gasteiger charge is 2.09. The van der Waals surface area contributed by atoms with Gasteiger partial charge >= 0.3 is 0 Å². The maximum Gasteiger partial charge on any atom is 0.113 e. The molecule has 1 aromatic carbocycles. The summed E-state index contributed by atoms with van der Waals surface area (Å²) in [6.45, 7) is 0. The second kappa shape index (κ2) is 3.03. The van der Waals surface area contributed by atoms with Crippen molar-refractivity contribution >= 4 is 27.3 Å². The number of nitrogens with zero attached hydrogens (tertiary/aromatic N) is 2. The van der Waals surface area contributed by atoms with Crippen molar-refractivity contribution in [2.24, 2.45) is 0 Å². The standard InChI is InChI=1S/C11H8N2S/c1-2-5-8(4-1)9-6-3-7-10-11(9)12-13-14-10/h1-4,6-7H,5H2. The highest BCUT2D eigenvalue weighted by Crippen LogP contribution is 2.29. The van der Waals surface area contributed by atoms with Gasteiger partial charge in [0, 0.05) is 5.56 Å². The molecule has 0 amide bonds. The van der Waals surface area contributed by atoms with E-state index in [1.807, 2.05) is 0 Å². The van der Waals surface area contributed by atoms with Crippen molar-refractivity contribution in [1.82, 2.24) is 9.59 Å².